The van der Waals surface area contributed by atoms with Gasteiger partial charge in [0.2, 0.25) is 0 Å². The van der Waals surface area contributed by atoms with Gasteiger partial charge in [-0.3, -0.25) is 4.79 Å². The molecule has 0 aromatic carbocycles. The molecule has 17 heavy (non-hydrogen) atoms. The number of rotatable bonds is 1. The third kappa shape index (κ3) is 2.43. The van der Waals surface area contributed by atoms with Crippen molar-refractivity contribution in [3.05, 3.63) is 29.1 Å². The monoisotopic (exact) mass is 230 g/mol. The number of amides is 1. The van der Waals surface area contributed by atoms with Crippen LogP contribution in [-0.2, 0) is 0 Å². The highest BCUT2D eigenvalue weighted by Crippen LogP contribution is 2.08. The molecule has 1 N–H and O–H groups in total. The molecule has 0 spiro atoms. The molecule has 0 atom stereocenters. The van der Waals surface area contributed by atoms with Crippen LogP contribution >= 0.6 is 0 Å². The second kappa shape index (κ2) is 4.93. The zero-order valence-corrected chi connectivity index (χ0v) is 9.73. The number of nitrogens with zero attached hydrogens (tertiary/aromatic N) is 3. The smallest absolute Gasteiger partial charge is 0.272 e. The van der Waals surface area contributed by atoms with E-state index in [1.54, 1.807) is 24.0 Å². The maximum Gasteiger partial charge on any atom is 0.272 e. The minimum absolute atomic E-state index is 0.0564. The Labute approximate surface area is 100 Å². The van der Waals surface area contributed by atoms with Gasteiger partial charge < -0.3 is 10.2 Å². The van der Waals surface area contributed by atoms with Crippen molar-refractivity contribution in [2.45, 2.75) is 6.92 Å². The number of aryl methyl sites for hydroxylation is 1. The molecule has 1 fully saturated rings. The Morgan fingerprint density at radius 1 is 1.47 bits per heavy atom. The third-order valence-electron chi connectivity index (χ3n) is 2.83. The number of hydrogen-bond acceptors (Lipinski definition) is 4. The molecule has 1 aromatic rings. The molecule has 1 saturated heterocycles. The standard InChI is InChI=1S/C12H14N4O/c1-9-10(8-13)2-3-11(15-9)12(17)16-6-4-14-5-7-16/h2-3,14H,4-7H2,1H3. The van der Waals surface area contributed by atoms with E-state index < -0.39 is 0 Å². The topological polar surface area (TPSA) is 69.0 Å². The lowest BCUT2D eigenvalue weighted by atomic mass is 10.2. The number of carbonyl (C=O) groups is 1. The fourth-order valence-corrected chi connectivity index (χ4v) is 1.83. The Morgan fingerprint density at radius 3 is 2.76 bits per heavy atom. The summed E-state index contributed by atoms with van der Waals surface area (Å²) in [7, 11) is 0. The summed E-state index contributed by atoms with van der Waals surface area (Å²) in [5.74, 6) is -0.0564. The molecule has 5 nitrogen and oxygen atoms in total. The SMILES string of the molecule is Cc1nc(C(=O)N2CCNCC2)ccc1C#N. The molecule has 1 amide bonds. The van der Waals surface area contributed by atoms with Gasteiger partial charge in [0, 0.05) is 26.2 Å². The highest BCUT2D eigenvalue weighted by Gasteiger charge is 2.19. The van der Waals surface area contributed by atoms with E-state index in [9.17, 15) is 4.79 Å². The summed E-state index contributed by atoms with van der Waals surface area (Å²) in [5, 5.41) is 12.0. The fraction of sp³-hybridized carbons (Fsp3) is 0.417. The lowest BCUT2D eigenvalue weighted by molar-refractivity contribution is 0.0729. The summed E-state index contributed by atoms with van der Waals surface area (Å²) in [5.41, 5.74) is 1.54. The van der Waals surface area contributed by atoms with E-state index in [2.05, 4.69) is 10.3 Å². The van der Waals surface area contributed by atoms with Crippen molar-refractivity contribution in [3.8, 4) is 6.07 Å². The highest BCUT2D eigenvalue weighted by molar-refractivity contribution is 5.92. The van der Waals surface area contributed by atoms with Gasteiger partial charge in [-0.2, -0.15) is 5.26 Å². The summed E-state index contributed by atoms with van der Waals surface area (Å²) in [6, 6.07) is 5.32. The average Bonchev–Trinajstić information content (AvgIpc) is 2.39. The van der Waals surface area contributed by atoms with Crippen LogP contribution in [0.1, 0.15) is 21.7 Å². The van der Waals surface area contributed by atoms with Gasteiger partial charge in [0.05, 0.1) is 11.3 Å². The Morgan fingerprint density at radius 2 is 2.18 bits per heavy atom. The van der Waals surface area contributed by atoms with Crippen LogP contribution in [-0.4, -0.2) is 42.0 Å². The first-order valence-electron chi connectivity index (χ1n) is 5.60. The van der Waals surface area contributed by atoms with E-state index in [1.165, 1.54) is 0 Å². The molecule has 0 unspecified atom stereocenters. The number of aromatic nitrogens is 1. The van der Waals surface area contributed by atoms with E-state index in [0.29, 0.717) is 30.0 Å². The Hall–Kier alpha value is -1.93. The Bertz CT molecular complexity index is 472. The zero-order chi connectivity index (χ0) is 12.3. The lowest BCUT2D eigenvalue weighted by Crippen LogP contribution is -2.46. The van der Waals surface area contributed by atoms with Gasteiger partial charge in [0.15, 0.2) is 0 Å². The minimum atomic E-state index is -0.0564. The quantitative estimate of drug-likeness (QED) is 0.753. The van der Waals surface area contributed by atoms with Crippen LogP contribution in [0.4, 0.5) is 0 Å². The summed E-state index contributed by atoms with van der Waals surface area (Å²) in [6.45, 7) is 4.80. The Kier molecular flexibility index (Phi) is 3.35. The van der Waals surface area contributed by atoms with E-state index in [4.69, 9.17) is 5.26 Å². The summed E-state index contributed by atoms with van der Waals surface area (Å²) in [6.07, 6.45) is 0. The molecule has 2 heterocycles. The van der Waals surface area contributed by atoms with Crippen molar-refractivity contribution in [2.75, 3.05) is 26.2 Å². The van der Waals surface area contributed by atoms with E-state index in [1.807, 2.05) is 6.07 Å². The first-order chi connectivity index (χ1) is 8.22. The third-order valence-corrected chi connectivity index (χ3v) is 2.83. The van der Waals surface area contributed by atoms with Crippen molar-refractivity contribution in [1.29, 1.82) is 5.26 Å². The molecule has 1 aliphatic rings. The van der Waals surface area contributed by atoms with Gasteiger partial charge in [-0.25, -0.2) is 4.98 Å². The van der Waals surface area contributed by atoms with Gasteiger partial charge in [-0.1, -0.05) is 0 Å². The predicted octanol–water partition coefficient (Wildman–Crippen LogP) is 0.307. The molecule has 1 aliphatic heterocycles. The van der Waals surface area contributed by atoms with Crippen LogP contribution in [0.15, 0.2) is 12.1 Å². The summed E-state index contributed by atoms with van der Waals surface area (Å²) in [4.78, 5) is 18.1. The largest absolute Gasteiger partial charge is 0.335 e. The predicted molar refractivity (Wildman–Crippen MR) is 62.5 cm³/mol. The zero-order valence-electron chi connectivity index (χ0n) is 9.73. The first kappa shape index (κ1) is 11.6. The van der Waals surface area contributed by atoms with E-state index in [-0.39, 0.29) is 5.91 Å². The van der Waals surface area contributed by atoms with Gasteiger partial charge >= 0.3 is 0 Å². The maximum atomic E-state index is 12.1. The van der Waals surface area contributed by atoms with Crippen LogP contribution in [0.5, 0.6) is 0 Å². The van der Waals surface area contributed by atoms with Crippen LogP contribution in [0.3, 0.4) is 0 Å². The minimum Gasteiger partial charge on any atom is -0.335 e. The molecular formula is C12H14N4O. The molecule has 88 valence electrons. The normalized spacial score (nSPS) is 15.4. The molecule has 0 radical (unpaired) electrons. The van der Waals surface area contributed by atoms with E-state index >= 15 is 0 Å². The number of pyridine rings is 1. The molecule has 0 saturated carbocycles. The second-order valence-corrected chi connectivity index (χ2v) is 3.98. The van der Waals surface area contributed by atoms with Crippen LogP contribution < -0.4 is 5.32 Å². The van der Waals surface area contributed by atoms with Gasteiger partial charge in [0.1, 0.15) is 11.8 Å². The molecule has 5 heteroatoms. The Balaban J connectivity index is 2.19. The highest BCUT2D eigenvalue weighted by atomic mass is 16.2. The van der Waals surface area contributed by atoms with Gasteiger partial charge in [-0.05, 0) is 19.1 Å². The van der Waals surface area contributed by atoms with Gasteiger partial charge in [-0.15, -0.1) is 0 Å². The van der Waals surface area contributed by atoms with Crippen molar-refractivity contribution < 1.29 is 4.79 Å². The molecule has 0 aliphatic carbocycles. The van der Waals surface area contributed by atoms with Gasteiger partial charge in [0.25, 0.3) is 5.91 Å². The van der Waals surface area contributed by atoms with E-state index in [0.717, 1.165) is 13.1 Å². The number of hydrogen-bond donors (Lipinski definition) is 1. The number of carbonyl (C=O) groups excluding carboxylic acids is 1. The van der Waals surface area contributed by atoms with Crippen molar-refractivity contribution >= 4 is 5.91 Å². The van der Waals surface area contributed by atoms with Crippen LogP contribution in [0.2, 0.25) is 0 Å². The van der Waals surface area contributed by atoms with Crippen molar-refractivity contribution in [1.82, 2.24) is 15.2 Å². The first-order valence-corrected chi connectivity index (χ1v) is 5.60. The number of piperazine rings is 1. The molecular weight excluding hydrogens is 216 g/mol. The maximum absolute atomic E-state index is 12.1. The summed E-state index contributed by atoms with van der Waals surface area (Å²) < 4.78 is 0. The lowest BCUT2D eigenvalue weighted by Gasteiger charge is -2.27. The van der Waals surface area contributed by atoms with Crippen molar-refractivity contribution in [3.63, 3.8) is 0 Å². The molecule has 0 bridgehead atoms. The summed E-state index contributed by atoms with van der Waals surface area (Å²) >= 11 is 0. The molecule has 2 rings (SSSR count). The average molecular weight is 230 g/mol. The second-order valence-electron chi connectivity index (χ2n) is 3.98. The van der Waals surface area contributed by atoms with Crippen molar-refractivity contribution in [2.24, 2.45) is 0 Å². The fourth-order valence-electron chi connectivity index (χ4n) is 1.83. The number of nitriles is 1. The van der Waals surface area contributed by atoms with Crippen LogP contribution in [0, 0.1) is 18.3 Å². The molecule has 1 aromatic heterocycles. The number of nitrogens with one attached hydrogen (secondary N) is 1. The van der Waals surface area contributed by atoms with Crippen LogP contribution in [0.25, 0.3) is 0 Å².